The molecule has 1 heterocycles. The van der Waals surface area contributed by atoms with Gasteiger partial charge in [0, 0.05) is 24.8 Å². The molecule has 1 aromatic heterocycles. The van der Waals surface area contributed by atoms with E-state index in [1.54, 1.807) is 24.3 Å². The third-order valence-electron chi connectivity index (χ3n) is 3.75. The van der Waals surface area contributed by atoms with Gasteiger partial charge in [-0.2, -0.15) is 18.3 Å². The second-order valence-corrected chi connectivity index (χ2v) is 7.27. The minimum absolute atomic E-state index is 0.0812. The van der Waals surface area contributed by atoms with Gasteiger partial charge in [0.05, 0.1) is 5.69 Å². The predicted molar refractivity (Wildman–Crippen MR) is 93.2 cm³/mol. The van der Waals surface area contributed by atoms with E-state index in [-0.39, 0.29) is 11.3 Å². The highest BCUT2D eigenvalue weighted by molar-refractivity contribution is 5.94. The van der Waals surface area contributed by atoms with E-state index in [2.05, 4.69) is 29.2 Å². The summed E-state index contributed by atoms with van der Waals surface area (Å²) in [5, 5.41) is 6.40. The molecule has 0 saturated heterocycles. The normalized spacial score (nSPS) is 12.5. The first kappa shape index (κ1) is 20.0. The standard InChI is InChI=1S/C18H23F3N4O/c1-17(2,12-24(3)4)11-22-16(26)13-5-7-14(8-6-13)25-10-9-15(23-25)18(19,20)21/h5-10H,11-12H2,1-4H3,(H,22,26). The van der Waals surface area contributed by atoms with E-state index in [1.165, 1.54) is 6.20 Å². The Labute approximate surface area is 150 Å². The van der Waals surface area contributed by atoms with Crippen LogP contribution in [0.25, 0.3) is 5.69 Å². The van der Waals surface area contributed by atoms with Gasteiger partial charge in [-0.25, -0.2) is 4.68 Å². The molecule has 2 rings (SSSR count). The third kappa shape index (κ3) is 5.32. The molecule has 0 aliphatic carbocycles. The number of hydrogen-bond acceptors (Lipinski definition) is 3. The monoisotopic (exact) mass is 368 g/mol. The molecule has 5 nitrogen and oxygen atoms in total. The molecule has 0 atom stereocenters. The van der Waals surface area contributed by atoms with Gasteiger partial charge in [0.15, 0.2) is 5.69 Å². The van der Waals surface area contributed by atoms with Crippen molar-refractivity contribution < 1.29 is 18.0 Å². The van der Waals surface area contributed by atoms with Gasteiger partial charge in [-0.15, -0.1) is 0 Å². The summed E-state index contributed by atoms with van der Waals surface area (Å²) in [6.07, 6.45) is -3.24. The molecule has 1 aromatic carbocycles. The average molecular weight is 368 g/mol. The van der Waals surface area contributed by atoms with Crippen LogP contribution < -0.4 is 5.32 Å². The van der Waals surface area contributed by atoms with Crippen LogP contribution in [-0.2, 0) is 6.18 Å². The minimum Gasteiger partial charge on any atom is -0.351 e. The van der Waals surface area contributed by atoms with Crippen molar-refractivity contribution in [1.29, 1.82) is 0 Å². The number of nitrogens with zero attached hydrogens (tertiary/aromatic N) is 3. The smallest absolute Gasteiger partial charge is 0.351 e. The maximum Gasteiger partial charge on any atom is 0.435 e. The van der Waals surface area contributed by atoms with Crippen LogP contribution in [0.4, 0.5) is 13.2 Å². The van der Waals surface area contributed by atoms with Crippen LogP contribution >= 0.6 is 0 Å². The molecule has 0 bridgehead atoms. The maximum atomic E-state index is 12.6. The molecular weight excluding hydrogens is 345 g/mol. The highest BCUT2D eigenvalue weighted by Crippen LogP contribution is 2.27. The summed E-state index contributed by atoms with van der Waals surface area (Å²) < 4.78 is 39.0. The van der Waals surface area contributed by atoms with Gasteiger partial charge in [-0.3, -0.25) is 4.79 Å². The Morgan fingerprint density at radius 3 is 2.27 bits per heavy atom. The van der Waals surface area contributed by atoms with Crippen LogP contribution in [-0.4, -0.2) is 47.8 Å². The van der Waals surface area contributed by atoms with Gasteiger partial charge in [0.25, 0.3) is 5.91 Å². The summed E-state index contributed by atoms with van der Waals surface area (Å²) in [5.74, 6) is -0.222. The quantitative estimate of drug-likeness (QED) is 0.852. The van der Waals surface area contributed by atoms with Crippen LogP contribution in [0.15, 0.2) is 36.5 Å². The van der Waals surface area contributed by atoms with E-state index >= 15 is 0 Å². The Balaban J connectivity index is 2.03. The van der Waals surface area contributed by atoms with Crippen LogP contribution in [0.5, 0.6) is 0 Å². The number of nitrogens with one attached hydrogen (secondary N) is 1. The number of carbonyl (C=O) groups excluding carboxylic acids is 1. The topological polar surface area (TPSA) is 50.2 Å². The van der Waals surface area contributed by atoms with Crippen LogP contribution in [0.2, 0.25) is 0 Å². The van der Waals surface area contributed by atoms with Crippen molar-refractivity contribution in [2.45, 2.75) is 20.0 Å². The number of alkyl halides is 3. The first-order valence-corrected chi connectivity index (χ1v) is 8.14. The zero-order valence-electron chi connectivity index (χ0n) is 15.3. The van der Waals surface area contributed by atoms with Crippen molar-refractivity contribution in [3.63, 3.8) is 0 Å². The van der Waals surface area contributed by atoms with E-state index < -0.39 is 11.9 Å². The average Bonchev–Trinajstić information content (AvgIpc) is 3.02. The fraction of sp³-hybridized carbons (Fsp3) is 0.444. The van der Waals surface area contributed by atoms with Gasteiger partial charge in [0.1, 0.15) is 0 Å². The second-order valence-electron chi connectivity index (χ2n) is 7.27. The number of rotatable bonds is 6. The third-order valence-corrected chi connectivity index (χ3v) is 3.75. The molecule has 0 radical (unpaired) electrons. The lowest BCUT2D eigenvalue weighted by Crippen LogP contribution is -2.39. The van der Waals surface area contributed by atoms with E-state index in [0.29, 0.717) is 17.8 Å². The fourth-order valence-electron chi connectivity index (χ4n) is 2.72. The van der Waals surface area contributed by atoms with Crippen molar-refractivity contribution in [3.05, 3.63) is 47.8 Å². The molecule has 0 spiro atoms. The molecule has 1 amide bonds. The molecule has 0 fully saturated rings. The van der Waals surface area contributed by atoms with E-state index in [9.17, 15) is 18.0 Å². The van der Waals surface area contributed by atoms with Crippen molar-refractivity contribution in [2.75, 3.05) is 27.2 Å². The Hall–Kier alpha value is -2.35. The molecule has 142 valence electrons. The Morgan fingerprint density at radius 2 is 1.77 bits per heavy atom. The molecule has 1 N–H and O–H groups in total. The van der Waals surface area contributed by atoms with Crippen molar-refractivity contribution >= 4 is 5.91 Å². The van der Waals surface area contributed by atoms with Gasteiger partial charge in [-0.05, 0) is 49.8 Å². The lowest BCUT2D eigenvalue weighted by molar-refractivity contribution is -0.141. The molecule has 26 heavy (non-hydrogen) atoms. The molecule has 0 unspecified atom stereocenters. The Morgan fingerprint density at radius 1 is 1.15 bits per heavy atom. The second kappa shape index (κ2) is 7.49. The number of hydrogen-bond donors (Lipinski definition) is 1. The summed E-state index contributed by atoms with van der Waals surface area (Å²) in [4.78, 5) is 14.3. The summed E-state index contributed by atoms with van der Waals surface area (Å²) >= 11 is 0. The van der Waals surface area contributed by atoms with Crippen LogP contribution in [0.3, 0.4) is 0 Å². The number of benzene rings is 1. The molecule has 0 aliphatic heterocycles. The Kier molecular flexibility index (Phi) is 5.75. The van der Waals surface area contributed by atoms with Crippen molar-refractivity contribution in [2.24, 2.45) is 5.41 Å². The molecule has 0 aliphatic rings. The zero-order chi connectivity index (χ0) is 19.5. The largest absolute Gasteiger partial charge is 0.435 e. The Bertz CT molecular complexity index is 749. The molecular formula is C18H23F3N4O. The molecule has 0 saturated carbocycles. The van der Waals surface area contributed by atoms with Crippen LogP contribution in [0.1, 0.15) is 29.9 Å². The summed E-state index contributed by atoms with van der Waals surface area (Å²) in [7, 11) is 3.95. The fourth-order valence-corrected chi connectivity index (χ4v) is 2.72. The SMILES string of the molecule is CN(C)CC(C)(C)CNC(=O)c1ccc(-n2ccc(C(F)(F)F)n2)cc1. The highest BCUT2D eigenvalue weighted by atomic mass is 19.4. The summed E-state index contributed by atoms with van der Waals surface area (Å²) in [6, 6.07) is 7.17. The van der Waals surface area contributed by atoms with E-state index in [0.717, 1.165) is 17.3 Å². The lowest BCUT2D eigenvalue weighted by Gasteiger charge is -2.28. The first-order chi connectivity index (χ1) is 12.0. The number of carbonyl (C=O) groups is 1. The van der Waals surface area contributed by atoms with Crippen molar-refractivity contribution in [1.82, 2.24) is 20.0 Å². The number of halogens is 3. The van der Waals surface area contributed by atoms with Gasteiger partial charge in [-0.1, -0.05) is 13.8 Å². The van der Waals surface area contributed by atoms with E-state index in [1.807, 2.05) is 14.1 Å². The number of aromatic nitrogens is 2. The van der Waals surface area contributed by atoms with Gasteiger partial charge < -0.3 is 10.2 Å². The maximum absolute atomic E-state index is 12.6. The molecule has 2 aromatic rings. The summed E-state index contributed by atoms with van der Waals surface area (Å²) in [5.41, 5.74) is -0.146. The van der Waals surface area contributed by atoms with Crippen LogP contribution in [0, 0.1) is 5.41 Å². The predicted octanol–water partition coefficient (Wildman–Crippen LogP) is 3.21. The van der Waals surface area contributed by atoms with Crippen molar-refractivity contribution in [3.8, 4) is 5.69 Å². The summed E-state index contributed by atoms with van der Waals surface area (Å²) in [6.45, 7) is 5.46. The van der Waals surface area contributed by atoms with Gasteiger partial charge >= 0.3 is 6.18 Å². The molecule has 8 heteroatoms. The van der Waals surface area contributed by atoms with Gasteiger partial charge in [0.2, 0.25) is 0 Å². The minimum atomic E-state index is -4.48. The highest BCUT2D eigenvalue weighted by Gasteiger charge is 2.33. The zero-order valence-corrected chi connectivity index (χ0v) is 15.3. The lowest BCUT2D eigenvalue weighted by atomic mass is 9.93. The van der Waals surface area contributed by atoms with E-state index in [4.69, 9.17) is 0 Å². The number of amides is 1. The first-order valence-electron chi connectivity index (χ1n) is 8.14.